The van der Waals surface area contributed by atoms with Crippen LogP contribution >= 0.6 is 0 Å². The summed E-state index contributed by atoms with van der Waals surface area (Å²) in [4.78, 5) is 72.3. The summed E-state index contributed by atoms with van der Waals surface area (Å²) in [6, 6.07) is -4.41. The first-order valence-corrected chi connectivity index (χ1v) is 10.9. The van der Waals surface area contributed by atoms with E-state index in [1.807, 2.05) is 0 Å². The largest absolute Gasteiger partial charge is 0.396 e. The second-order valence-corrected chi connectivity index (χ2v) is 8.13. The Labute approximate surface area is 198 Å². The number of carbonyl (C=O) groups excluding carboxylic acids is 6. The molecule has 0 aromatic heterocycles. The summed E-state index contributed by atoms with van der Waals surface area (Å²) in [6.07, 6.45) is -0.126. The van der Waals surface area contributed by atoms with Gasteiger partial charge in [-0.25, -0.2) is 0 Å². The predicted molar refractivity (Wildman–Crippen MR) is 121 cm³/mol. The van der Waals surface area contributed by atoms with Crippen molar-refractivity contribution >= 4 is 35.4 Å². The van der Waals surface area contributed by atoms with Gasteiger partial charge in [-0.05, 0) is 26.2 Å². The third-order valence-corrected chi connectivity index (χ3v) is 4.53. The number of aliphatic hydroxyl groups excluding tert-OH is 1. The first-order valence-electron chi connectivity index (χ1n) is 10.9. The van der Waals surface area contributed by atoms with E-state index in [0.717, 1.165) is 0 Å². The van der Waals surface area contributed by atoms with E-state index in [1.54, 1.807) is 13.8 Å². The number of nitrogens with two attached hydrogens (primary N) is 2. The molecule has 0 heterocycles. The molecule has 0 aliphatic rings. The summed E-state index contributed by atoms with van der Waals surface area (Å²) in [7, 11) is 0. The van der Waals surface area contributed by atoms with E-state index in [0.29, 0.717) is 6.42 Å². The molecule has 14 nitrogen and oxygen atoms in total. The van der Waals surface area contributed by atoms with Crippen molar-refractivity contribution < 1.29 is 33.9 Å². The fraction of sp³-hybridized carbons (Fsp3) is 0.700. The Morgan fingerprint density at radius 2 is 1.44 bits per heavy atom. The van der Waals surface area contributed by atoms with Crippen LogP contribution in [0.3, 0.4) is 0 Å². The molecule has 0 saturated carbocycles. The molecule has 0 fully saturated rings. The fourth-order valence-electron chi connectivity index (χ4n) is 2.55. The molecule has 10 N–H and O–H groups in total. The molecule has 6 amide bonds. The second-order valence-electron chi connectivity index (χ2n) is 8.13. The zero-order valence-electron chi connectivity index (χ0n) is 20.0. The van der Waals surface area contributed by atoms with E-state index >= 15 is 0 Å². The quantitative estimate of drug-likeness (QED) is 0.106. The van der Waals surface area contributed by atoms with E-state index in [2.05, 4.69) is 26.6 Å². The van der Waals surface area contributed by atoms with Gasteiger partial charge in [0.25, 0.3) is 0 Å². The van der Waals surface area contributed by atoms with Crippen molar-refractivity contribution in [2.24, 2.45) is 17.4 Å². The molecule has 0 aromatic rings. The minimum absolute atomic E-state index is 0.0788. The van der Waals surface area contributed by atoms with Crippen molar-refractivity contribution in [3.05, 3.63) is 0 Å². The molecular formula is C20H37N7O7. The molecule has 0 aromatic carbocycles. The first-order chi connectivity index (χ1) is 15.8. The maximum Gasteiger partial charge on any atom is 0.243 e. The molecule has 0 unspecified atom stereocenters. The van der Waals surface area contributed by atoms with Crippen LogP contribution in [0.25, 0.3) is 0 Å². The number of amides is 6. The Morgan fingerprint density at radius 1 is 0.824 bits per heavy atom. The van der Waals surface area contributed by atoms with E-state index in [-0.39, 0.29) is 25.6 Å². The van der Waals surface area contributed by atoms with E-state index in [4.69, 9.17) is 16.6 Å². The van der Waals surface area contributed by atoms with E-state index in [1.165, 1.54) is 13.8 Å². The molecule has 0 aliphatic heterocycles. The lowest BCUT2D eigenvalue weighted by atomic mass is 10.0. The van der Waals surface area contributed by atoms with Crippen molar-refractivity contribution in [1.82, 2.24) is 26.6 Å². The van der Waals surface area contributed by atoms with Gasteiger partial charge in [0.1, 0.15) is 18.1 Å². The molecule has 0 bridgehead atoms. The van der Waals surface area contributed by atoms with Crippen LogP contribution in [0.2, 0.25) is 0 Å². The molecule has 0 saturated heterocycles. The number of primary amides is 1. The normalized spacial score (nSPS) is 14.2. The minimum Gasteiger partial charge on any atom is -0.396 e. The SMILES string of the molecule is CC(C)[C@H](NC(=O)[C@H](C)NC(=O)[C@H](CC(N)=O)NC(=O)[C@H](C)N)C(=O)NCC(=O)NCCCO. The lowest BCUT2D eigenvalue weighted by molar-refractivity contribution is -0.135. The van der Waals surface area contributed by atoms with Crippen LogP contribution in [-0.2, 0) is 28.8 Å². The maximum absolute atomic E-state index is 12.6. The third kappa shape index (κ3) is 12.1. The molecule has 194 valence electrons. The lowest BCUT2D eigenvalue weighted by Gasteiger charge is -2.25. The Balaban J connectivity index is 5.00. The number of nitrogens with one attached hydrogen (secondary N) is 5. The first kappa shape index (κ1) is 30.7. The third-order valence-electron chi connectivity index (χ3n) is 4.53. The number of carbonyl (C=O) groups is 6. The lowest BCUT2D eigenvalue weighted by Crippen LogP contribution is -2.58. The van der Waals surface area contributed by atoms with E-state index in [9.17, 15) is 28.8 Å². The van der Waals surface area contributed by atoms with Crippen molar-refractivity contribution in [1.29, 1.82) is 0 Å². The number of rotatable bonds is 15. The average molecular weight is 488 g/mol. The zero-order valence-corrected chi connectivity index (χ0v) is 20.0. The van der Waals surface area contributed by atoms with Crippen molar-refractivity contribution in [3.8, 4) is 0 Å². The Hall–Kier alpha value is -3.26. The summed E-state index contributed by atoms with van der Waals surface area (Å²) in [6.45, 7) is 5.97. The monoisotopic (exact) mass is 487 g/mol. The van der Waals surface area contributed by atoms with Crippen LogP contribution in [0.4, 0.5) is 0 Å². The highest BCUT2D eigenvalue weighted by atomic mass is 16.3. The van der Waals surface area contributed by atoms with Crippen LogP contribution in [0.15, 0.2) is 0 Å². The van der Waals surface area contributed by atoms with Gasteiger partial charge in [0.15, 0.2) is 0 Å². The molecule has 0 rings (SSSR count). The summed E-state index contributed by atoms with van der Waals surface area (Å²) < 4.78 is 0. The van der Waals surface area contributed by atoms with Gasteiger partial charge in [-0.15, -0.1) is 0 Å². The van der Waals surface area contributed by atoms with Crippen LogP contribution < -0.4 is 38.1 Å². The molecule has 34 heavy (non-hydrogen) atoms. The average Bonchev–Trinajstić information content (AvgIpc) is 2.74. The molecular weight excluding hydrogens is 450 g/mol. The molecule has 0 spiro atoms. The van der Waals surface area contributed by atoms with Crippen LogP contribution in [-0.4, -0.2) is 84.4 Å². The Morgan fingerprint density at radius 3 is 1.94 bits per heavy atom. The van der Waals surface area contributed by atoms with Gasteiger partial charge in [0, 0.05) is 13.2 Å². The Kier molecular flexibility index (Phi) is 14.1. The van der Waals surface area contributed by atoms with Gasteiger partial charge in [-0.1, -0.05) is 13.8 Å². The Bertz CT molecular complexity index is 743. The van der Waals surface area contributed by atoms with Crippen molar-refractivity contribution in [3.63, 3.8) is 0 Å². The van der Waals surface area contributed by atoms with Crippen molar-refractivity contribution in [2.75, 3.05) is 19.7 Å². The minimum atomic E-state index is -1.33. The fourth-order valence-corrected chi connectivity index (χ4v) is 2.55. The zero-order chi connectivity index (χ0) is 26.4. The standard InChI is InChI=1S/C20H37N7O7/c1-10(2)16(20(34)24-9-15(30)23-6-5-7-28)27-18(32)12(4)25-19(33)13(8-14(22)29)26-17(31)11(3)21/h10-13,16,28H,5-9,21H2,1-4H3,(H2,22,29)(H,23,30)(H,24,34)(H,25,33)(H,26,31)(H,27,32)/t11-,12-,13-,16-/m0/s1. The van der Waals surface area contributed by atoms with Gasteiger partial charge in [0.05, 0.1) is 19.0 Å². The number of hydrogen-bond donors (Lipinski definition) is 8. The van der Waals surface area contributed by atoms with Crippen LogP contribution in [0.1, 0.15) is 40.5 Å². The highest BCUT2D eigenvalue weighted by molar-refractivity contribution is 5.96. The van der Waals surface area contributed by atoms with Crippen LogP contribution in [0.5, 0.6) is 0 Å². The summed E-state index contributed by atoms with van der Waals surface area (Å²) in [5, 5.41) is 20.8. The second kappa shape index (κ2) is 15.6. The molecule has 14 heteroatoms. The smallest absolute Gasteiger partial charge is 0.243 e. The van der Waals surface area contributed by atoms with Gasteiger partial charge in [-0.2, -0.15) is 0 Å². The topological polar surface area (TPSA) is 235 Å². The molecule has 0 aliphatic carbocycles. The van der Waals surface area contributed by atoms with Gasteiger partial charge in [0.2, 0.25) is 35.4 Å². The number of aliphatic hydroxyl groups is 1. The molecule has 0 radical (unpaired) electrons. The summed E-state index contributed by atoms with van der Waals surface area (Å²) in [5.74, 6) is -4.47. The van der Waals surface area contributed by atoms with Gasteiger partial charge in [-0.3, -0.25) is 28.8 Å². The highest BCUT2D eigenvalue weighted by Crippen LogP contribution is 2.03. The molecule has 4 atom stereocenters. The predicted octanol–water partition coefficient (Wildman–Crippen LogP) is -4.05. The summed E-state index contributed by atoms with van der Waals surface area (Å²) >= 11 is 0. The number of hydrogen-bond acceptors (Lipinski definition) is 8. The maximum atomic E-state index is 12.6. The van der Waals surface area contributed by atoms with Gasteiger partial charge >= 0.3 is 0 Å². The summed E-state index contributed by atoms with van der Waals surface area (Å²) in [5.41, 5.74) is 10.6. The van der Waals surface area contributed by atoms with E-state index < -0.39 is 66.0 Å². The van der Waals surface area contributed by atoms with Crippen LogP contribution in [0, 0.1) is 5.92 Å². The van der Waals surface area contributed by atoms with Gasteiger partial charge < -0.3 is 43.2 Å². The van der Waals surface area contributed by atoms with Crippen molar-refractivity contribution in [2.45, 2.75) is 64.7 Å². The highest BCUT2D eigenvalue weighted by Gasteiger charge is 2.30.